The summed E-state index contributed by atoms with van der Waals surface area (Å²) in [5.74, 6) is 0.604. The predicted octanol–water partition coefficient (Wildman–Crippen LogP) is 4.71. The first kappa shape index (κ1) is 19.8. The first-order chi connectivity index (χ1) is 13.5. The number of hydrogen-bond donors (Lipinski definition) is 2. The number of carbonyl (C=O) groups is 1. The molecule has 0 aliphatic rings. The van der Waals surface area contributed by atoms with E-state index >= 15 is 0 Å². The summed E-state index contributed by atoms with van der Waals surface area (Å²) in [6, 6.07) is 9.32. The monoisotopic (exact) mass is 397 g/mol. The van der Waals surface area contributed by atoms with E-state index < -0.39 is 5.97 Å². The van der Waals surface area contributed by atoms with Crippen LogP contribution in [0.25, 0.3) is 11.4 Å². The SMILES string of the molecule is CCc1nc(-c2csc(OC)c2)nc(Nc2ccc(CC(=O)O)cc2)c1CC. The molecule has 2 N–H and O–H groups in total. The van der Waals surface area contributed by atoms with Crippen molar-refractivity contribution < 1.29 is 14.6 Å². The Morgan fingerprint density at radius 1 is 1.18 bits per heavy atom. The molecule has 0 radical (unpaired) electrons. The Hall–Kier alpha value is -2.93. The smallest absolute Gasteiger partial charge is 0.307 e. The molecule has 0 atom stereocenters. The minimum atomic E-state index is -0.840. The maximum atomic E-state index is 10.9. The number of methoxy groups -OCH3 is 1. The van der Waals surface area contributed by atoms with E-state index in [9.17, 15) is 4.79 Å². The molecule has 0 aliphatic carbocycles. The van der Waals surface area contributed by atoms with Crippen LogP contribution in [-0.4, -0.2) is 28.2 Å². The summed E-state index contributed by atoms with van der Waals surface area (Å²) in [5, 5.41) is 15.1. The second kappa shape index (κ2) is 8.84. The van der Waals surface area contributed by atoms with Crippen LogP contribution >= 0.6 is 11.3 Å². The highest BCUT2D eigenvalue weighted by molar-refractivity contribution is 7.12. The van der Waals surface area contributed by atoms with Gasteiger partial charge in [0.2, 0.25) is 0 Å². The van der Waals surface area contributed by atoms with Crippen LogP contribution in [0, 0.1) is 0 Å². The van der Waals surface area contributed by atoms with Gasteiger partial charge in [-0.2, -0.15) is 0 Å². The number of nitrogens with one attached hydrogen (secondary N) is 1. The molecule has 0 bridgehead atoms. The van der Waals surface area contributed by atoms with Crippen molar-refractivity contribution in [2.45, 2.75) is 33.1 Å². The summed E-state index contributed by atoms with van der Waals surface area (Å²) >= 11 is 1.51. The van der Waals surface area contributed by atoms with Crippen molar-refractivity contribution in [2.75, 3.05) is 12.4 Å². The molecule has 0 amide bonds. The topological polar surface area (TPSA) is 84.3 Å². The maximum Gasteiger partial charge on any atom is 0.307 e. The number of aryl methyl sites for hydroxylation is 1. The summed E-state index contributed by atoms with van der Waals surface area (Å²) in [6.07, 6.45) is 1.64. The van der Waals surface area contributed by atoms with Crippen molar-refractivity contribution in [1.82, 2.24) is 9.97 Å². The summed E-state index contributed by atoms with van der Waals surface area (Å²) in [6.45, 7) is 4.18. The molecule has 3 rings (SSSR count). The molecule has 0 fully saturated rings. The molecule has 2 aromatic heterocycles. The molecular formula is C21H23N3O3S. The lowest BCUT2D eigenvalue weighted by molar-refractivity contribution is -0.136. The number of thiophene rings is 1. The second-order valence-electron chi connectivity index (χ2n) is 6.28. The van der Waals surface area contributed by atoms with Crippen molar-refractivity contribution >= 4 is 28.8 Å². The Morgan fingerprint density at radius 2 is 1.93 bits per heavy atom. The number of benzene rings is 1. The van der Waals surface area contributed by atoms with Crippen LogP contribution in [0.5, 0.6) is 5.06 Å². The van der Waals surface area contributed by atoms with E-state index in [-0.39, 0.29) is 6.42 Å². The summed E-state index contributed by atoms with van der Waals surface area (Å²) in [4.78, 5) is 20.4. The fourth-order valence-corrected chi connectivity index (χ4v) is 3.69. The molecular weight excluding hydrogens is 374 g/mol. The largest absolute Gasteiger partial charge is 0.487 e. The van der Waals surface area contributed by atoms with E-state index in [1.807, 2.05) is 35.7 Å². The summed E-state index contributed by atoms with van der Waals surface area (Å²) in [5.41, 5.74) is 4.65. The van der Waals surface area contributed by atoms with Crippen LogP contribution in [0.15, 0.2) is 35.7 Å². The average molecular weight is 398 g/mol. The van der Waals surface area contributed by atoms with Crippen LogP contribution in [0.1, 0.15) is 30.7 Å². The van der Waals surface area contributed by atoms with E-state index in [1.54, 1.807) is 7.11 Å². The zero-order valence-corrected chi connectivity index (χ0v) is 17.0. The number of rotatable bonds is 8. The fraction of sp³-hybridized carbons (Fsp3) is 0.286. The van der Waals surface area contributed by atoms with Crippen molar-refractivity contribution in [3.63, 3.8) is 0 Å². The van der Waals surface area contributed by atoms with Gasteiger partial charge in [0.25, 0.3) is 0 Å². The number of ether oxygens (including phenoxy) is 1. The molecule has 0 saturated carbocycles. The Balaban J connectivity index is 1.96. The number of aromatic nitrogens is 2. The summed E-state index contributed by atoms with van der Waals surface area (Å²) < 4.78 is 5.29. The second-order valence-corrected chi connectivity index (χ2v) is 7.15. The van der Waals surface area contributed by atoms with Crippen LogP contribution in [0.2, 0.25) is 0 Å². The molecule has 6 nitrogen and oxygen atoms in total. The molecule has 28 heavy (non-hydrogen) atoms. The van der Waals surface area contributed by atoms with Gasteiger partial charge in [-0.1, -0.05) is 26.0 Å². The normalized spacial score (nSPS) is 10.7. The van der Waals surface area contributed by atoms with Gasteiger partial charge in [0.05, 0.1) is 13.5 Å². The fourth-order valence-electron chi connectivity index (χ4n) is 2.98. The van der Waals surface area contributed by atoms with Crippen LogP contribution in [0.3, 0.4) is 0 Å². The lowest BCUT2D eigenvalue weighted by atomic mass is 10.1. The number of hydrogen-bond acceptors (Lipinski definition) is 6. The van der Waals surface area contributed by atoms with E-state index in [0.29, 0.717) is 5.82 Å². The minimum Gasteiger partial charge on any atom is -0.487 e. The third kappa shape index (κ3) is 4.48. The van der Waals surface area contributed by atoms with Crippen LogP contribution < -0.4 is 10.1 Å². The van der Waals surface area contributed by atoms with Crippen molar-refractivity contribution in [3.05, 3.63) is 52.5 Å². The Labute approximate surface area is 168 Å². The van der Waals surface area contributed by atoms with Gasteiger partial charge in [0.15, 0.2) is 10.9 Å². The van der Waals surface area contributed by atoms with Crippen molar-refractivity contribution in [1.29, 1.82) is 0 Å². The van der Waals surface area contributed by atoms with Gasteiger partial charge in [0.1, 0.15) is 5.82 Å². The Morgan fingerprint density at radius 3 is 2.50 bits per heavy atom. The van der Waals surface area contributed by atoms with Gasteiger partial charge in [-0.3, -0.25) is 4.79 Å². The van der Waals surface area contributed by atoms with Gasteiger partial charge in [0, 0.05) is 34.0 Å². The Bertz CT molecular complexity index is 968. The van der Waals surface area contributed by atoms with Gasteiger partial charge in [-0.05, 0) is 30.5 Å². The van der Waals surface area contributed by atoms with Gasteiger partial charge in [-0.15, -0.1) is 11.3 Å². The average Bonchev–Trinajstić information content (AvgIpc) is 3.17. The maximum absolute atomic E-state index is 10.9. The van der Waals surface area contributed by atoms with E-state index in [1.165, 1.54) is 11.3 Å². The quantitative estimate of drug-likeness (QED) is 0.573. The van der Waals surface area contributed by atoms with E-state index in [0.717, 1.165) is 51.8 Å². The minimum absolute atomic E-state index is 0.0120. The zero-order valence-electron chi connectivity index (χ0n) is 16.2. The highest BCUT2D eigenvalue weighted by Crippen LogP contribution is 2.31. The van der Waals surface area contributed by atoms with Crippen LogP contribution in [0.4, 0.5) is 11.5 Å². The van der Waals surface area contributed by atoms with Crippen LogP contribution in [-0.2, 0) is 24.1 Å². The molecule has 1 aromatic carbocycles. The zero-order chi connectivity index (χ0) is 20.1. The lowest BCUT2D eigenvalue weighted by Crippen LogP contribution is -2.07. The molecule has 3 aromatic rings. The molecule has 146 valence electrons. The predicted molar refractivity (Wildman–Crippen MR) is 112 cm³/mol. The first-order valence-corrected chi connectivity index (χ1v) is 10.0. The van der Waals surface area contributed by atoms with Crippen molar-refractivity contribution in [2.24, 2.45) is 0 Å². The molecule has 0 spiro atoms. The third-order valence-corrected chi connectivity index (χ3v) is 5.28. The summed E-state index contributed by atoms with van der Waals surface area (Å²) in [7, 11) is 1.65. The van der Waals surface area contributed by atoms with Gasteiger partial charge in [-0.25, -0.2) is 9.97 Å². The highest BCUT2D eigenvalue weighted by Gasteiger charge is 2.15. The number of aliphatic carboxylic acids is 1. The third-order valence-electron chi connectivity index (χ3n) is 4.39. The lowest BCUT2D eigenvalue weighted by Gasteiger charge is -2.15. The number of anilines is 2. The standard InChI is InChI=1S/C21H23N3O3S/c1-4-16-17(5-2)23-20(14-11-19(27-3)28-12-14)24-21(16)22-15-8-6-13(7-9-15)10-18(25)26/h6-9,11-12H,4-5,10H2,1-3H3,(H,25,26)(H,22,23,24). The molecule has 0 aliphatic heterocycles. The van der Waals surface area contributed by atoms with E-state index in [4.69, 9.17) is 19.8 Å². The van der Waals surface area contributed by atoms with Gasteiger partial charge >= 0.3 is 5.97 Å². The number of carboxylic acids is 1. The van der Waals surface area contributed by atoms with E-state index in [2.05, 4.69) is 19.2 Å². The van der Waals surface area contributed by atoms with Gasteiger partial charge < -0.3 is 15.2 Å². The molecule has 0 saturated heterocycles. The molecule has 7 heteroatoms. The first-order valence-electron chi connectivity index (χ1n) is 9.14. The van der Waals surface area contributed by atoms with Crippen molar-refractivity contribution in [3.8, 4) is 16.5 Å². The number of nitrogens with zero attached hydrogens (tertiary/aromatic N) is 2. The number of carboxylic acid groups (broad SMARTS) is 1. The molecule has 2 heterocycles. The Kier molecular flexibility index (Phi) is 6.26. The highest BCUT2D eigenvalue weighted by atomic mass is 32.1. The molecule has 0 unspecified atom stereocenters.